The van der Waals surface area contributed by atoms with Crippen LogP contribution < -0.4 is 5.43 Å². The first-order valence-electron chi connectivity index (χ1n) is 6.55. The van der Waals surface area contributed by atoms with Crippen LogP contribution in [-0.4, -0.2) is 27.4 Å². The van der Waals surface area contributed by atoms with E-state index in [1.165, 1.54) is 6.21 Å². The maximum Gasteiger partial charge on any atom is 0.291 e. The number of rotatable bonds is 3. The zero-order chi connectivity index (χ0) is 15.5. The fourth-order valence-electron chi connectivity index (χ4n) is 1.64. The predicted molar refractivity (Wildman–Crippen MR) is 80.5 cm³/mol. The van der Waals surface area contributed by atoms with Crippen molar-refractivity contribution in [1.29, 1.82) is 0 Å². The Kier molecular flexibility index (Phi) is 4.07. The Bertz CT molecular complexity index is 668. The van der Waals surface area contributed by atoms with Crippen LogP contribution in [0.5, 0.6) is 5.75 Å². The molecule has 3 N–H and O–H groups in total. The molecule has 0 radical (unpaired) electrons. The van der Waals surface area contributed by atoms with E-state index in [1.807, 2.05) is 20.8 Å². The number of aromatic nitrogens is 2. The van der Waals surface area contributed by atoms with Gasteiger partial charge in [0.25, 0.3) is 5.91 Å². The SMILES string of the molecule is CC(C)(C)c1cc(C(=O)NN=Cc2ccccc2O)n[nH]1. The molecule has 0 bridgehead atoms. The topological polar surface area (TPSA) is 90.4 Å². The van der Waals surface area contributed by atoms with Gasteiger partial charge in [-0.1, -0.05) is 32.9 Å². The fraction of sp³-hybridized carbons (Fsp3) is 0.267. The number of carbonyl (C=O) groups is 1. The zero-order valence-corrected chi connectivity index (χ0v) is 12.2. The molecule has 0 atom stereocenters. The maximum absolute atomic E-state index is 11.9. The van der Waals surface area contributed by atoms with Gasteiger partial charge >= 0.3 is 0 Å². The van der Waals surface area contributed by atoms with Crippen LogP contribution in [0.25, 0.3) is 0 Å². The Hall–Kier alpha value is -2.63. The molecule has 0 unspecified atom stereocenters. The van der Waals surface area contributed by atoms with E-state index in [4.69, 9.17) is 0 Å². The number of phenols is 1. The summed E-state index contributed by atoms with van der Waals surface area (Å²) in [6.07, 6.45) is 1.38. The summed E-state index contributed by atoms with van der Waals surface area (Å²) < 4.78 is 0. The van der Waals surface area contributed by atoms with Crippen LogP contribution in [0.4, 0.5) is 0 Å². The number of hydrogen-bond acceptors (Lipinski definition) is 4. The van der Waals surface area contributed by atoms with Gasteiger partial charge in [0, 0.05) is 16.7 Å². The summed E-state index contributed by atoms with van der Waals surface area (Å²) in [5.41, 5.74) is 3.94. The molecule has 1 heterocycles. The standard InChI is InChI=1S/C15H18N4O2/c1-15(2,3)13-8-11(17-18-13)14(21)19-16-9-10-6-4-5-7-12(10)20/h4-9,20H,1-3H3,(H,17,18)(H,19,21). The van der Waals surface area contributed by atoms with E-state index in [1.54, 1.807) is 30.3 Å². The first-order valence-corrected chi connectivity index (χ1v) is 6.55. The minimum atomic E-state index is -0.409. The molecule has 6 heteroatoms. The molecule has 1 aromatic carbocycles. The number of hydrogen-bond donors (Lipinski definition) is 3. The van der Waals surface area contributed by atoms with Crippen LogP contribution in [0, 0.1) is 0 Å². The quantitative estimate of drug-likeness (QED) is 0.596. The van der Waals surface area contributed by atoms with Crippen LogP contribution >= 0.6 is 0 Å². The summed E-state index contributed by atoms with van der Waals surface area (Å²) >= 11 is 0. The number of phenolic OH excluding ortho intramolecular Hbond substituents is 1. The second-order valence-electron chi connectivity index (χ2n) is 5.67. The van der Waals surface area contributed by atoms with Gasteiger partial charge in [-0.05, 0) is 18.2 Å². The van der Waals surface area contributed by atoms with Crippen molar-refractivity contribution in [3.63, 3.8) is 0 Å². The van der Waals surface area contributed by atoms with Gasteiger partial charge in [-0.25, -0.2) is 5.43 Å². The van der Waals surface area contributed by atoms with E-state index in [0.717, 1.165) is 5.69 Å². The van der Waals surface area contributed by atoms with Gasteiger partial charge in [0.1, 0.15) is 5.75 Å². The van der Waals surface area contributed by atoms with Gasteiger partial charge in [0.05, 0.1) is 6.21 Å². The Morgan fingerprint density at radius 3 is 2.71 bits per heavy atom. The summed E-state index contributed by atoms with van der Waals surface area (Å²) in [7, 11) is 0. The van der Waals surface area contributed by atoms with E-state index >= 15 is 0 Å². The van der Waals surface area contributed by atoms with Crippen molar-refractivity contribution >= 4 is 12.1 Å². The Labute approximate surface area is 122 Å². The molecular weight excluding hydrogens is 268 g/mol. The third-order valence-corrected chi connectivity index (χ3v) is 2.92. The van der Waals surface area contributed by atoms with Crippen molar-refractivity contribution in [2.24, 2.45) is 5.10 Å². The lowest BCUT2D eigenvalue weighted by Crippen LogP contribution is -2.18. The average Bonchev–Trinajstić information content (AvgIpc) is 2.90. The lowest BCUT2D eigenvalue weighted by molar-refractivity contribution is 0.0950. The Morgan fingerprint density at radius 2 is 2.10 bits per heavy atom. The summed E-state index contributed by atoms with van der Waals surface area (Å²) in [4.78, 5) is 11.9. The molecular formula is C15H18N4O2. The summed E-state index contributed by atoms with van der Waals surface area (Å²) in [5.74, 6) is -0.307. The normalized spacial score (nSPS) is 11.8. The minimum Gasteiger partial charge on any atom is -0.507 e. The highest BCUT2D eigenvalue weighted by molar-refractivity contribution is 5.93. The van der Waals surface area contributed by atoms with E-state index in [0.29, 0.717) is 5.56 Å². The predicted octanol–water partition coefficient (Wildman–Crippen LogP) is 2.18. The first kappa shape index (κ1) is 14.8. The number of hydrazone groups is 1. The number of para-hydroxylation sites is 1. The van der Waals surface area contributed by atoms with Crippen molar-refractivity contribution in [2.75, 3.05) is 0 Å². The van der Waals surface area contributed by atoms with Gasteiger partial charge in [-0.2, -0.15) is 10.2 Å². The minimum absolute atomic E-state index is 0.102. The van der Waals surface area contributed by atoms with Crippen molar-refractivity contribution in [3.05, 3.63) is 47.3 Å². The maximum atomic E-state index is 11.9. The van der Waals surface area contributed by atoms with Crippen LogP contribution in [-0.2, 0) is 5.41 Å². The average molecular weight is 286 g/mol. The number of nitrogens with one attached hydrogen (secondary N) is 2. The number of H-pyrrole nitrogens is 1. The Balaban J connectivity index is 2.02. The molecule has 0 saturated heterocycles. The number of aromatic amines is 1. The highest BCUT2D eigenvalue weighted by Gasteiger charge is 2.19. The largest absolute Gasteiger partial charge is 0.507 e. The molecule has 2 aromatic rings. The zero-order valence-electron chi connectivity index (χ0n) is 12.2. The molecule has 0 aliphatic heterocycles. The first-order chi connectivity index (χ1) is 9.88. The molecule has 1 aromatic heterocycles. The van der Waals surface area contributed by atoms with Crippen LogP contribution in [0.15, 0.2) is 35.4 Å². The number of nitrogens with zero attached hydrogens (tertiary/aromatic N) is 2. The highest BCUT2D eigenvalue weighted by Crippen LogP contribution is 2.20. The van der Waals surface area contributed by atoms with E-state index < -0.39 is 5.91 Å². The number of carbonyl (C=O) groups excluding carboxylic acids is 1. The van der Waals surface area contributed by atoms with Gasteiger partial charge in [0.2, 0.25) is 0 Å². The van der Waals surface area contributed by atoms with Crippen molar-refractivity contribution < 1.29 is 9.90 Å². The third-order valence-electron chi connectivity index (χ3n) is 2.92. The lowest BCUT2D eigenvalue weighted by Gasteiger charge is -2.14. The van der Waals surface area contributed by atoms with Crippen LogP contribution in [0.1, 0.15) is 42.5 Å². The van der Waals surface area contributed by atoms with Gasteiger partial charge in [0.15, 0.2) is 5.69 Å². The van der Waals surface area contributed by atoms with Crippen molar-refractivity contribution in [1.82, 2.24) is 15.6 Å². The van der Waals surface area contributed by atoms with Crippen LogP contribution in [0.3, 0.4) is 0 Å². The second kappa shape index (κ2) is 5.78. The summed E-state index contributed by atoms with van der Waals surface area (Å²) in [6.45, 7) is 6.08. The highest BCUT2D eigenvalue weighted by atomic mass is 16.3. The molecule has 0 fully saturated rings. The van der Waals surface area contributed by atoms with E-state index in [2.05, 4.69) is 20.7 Å². The second-order valence-corrected chi connectivity index (χ2v) is 5.67. The van der Waals surface area contributed by atoms with Gasteiger partial charge in [-0.3, -0.25) is 9.89 Å². The molecule has 1 amide bonds. The number of benzene rings is 1. The van der Waals surface area contributed by atoms with Gasteiger partial charge < -0.3 is 5.11 Å². The molecule has 6 nitrogen and oxygen atoms in total. The summed E-state index contributed by atoms with van der Waals surface area (Å²) in [5, 5.41) is 20.2. The lowest BCUT2D eigenvalue weighted by atomic mass is 9.92. The monoisotopic (exact) mass is 286 g/mol. The van der Waals surface area contributed by atoms with E-state index in [-0.39, 0.29) is 16.9 Å². The smallest absolute Gasteiger partial charge is 0.291 e. The summed E-state index contributed by atoms with van der Waals surface area (Å²) in [6, 6.07) is 8.42. The van der Waals surface area contributed by atoms with Gasteiger partial charge in [-0.15, -0.1) is 0 Å². The Morgan fingerprint density at radius 1 is 1.38 bits per heavy atom. The molecule has 0 aliphatic rings. The number of aromatic hydroxyl groups is 1. The molecule has 21 heavy (non-hydrogen) atoms. The van der Waals surface area contributed by atoms with E-state index in [9.17, 15) is 9.90 Å². The molecule has 2 rings (SSSR count). The molecule has 0 spiro atoms. The van der Waals surface area contributed by atoms with Crippen LogP contribution in [0.2, 0.25) is 0 Å². The third kappa shape index (κ3) is 3.68. The number of amides is 1. The van der Waals surface area contributed by atoms with Crippen molar-refractivity contribution in [3.8, 4) is 5.75 Å². The fourth-order valence-corrected chi connectivity index (χ4v) is 1.64. The van der Waals surface area contributed by atoms with Crippen molar-refractivity contribution in [2.45, 2.75) is 26.2 Å². The molecule has 110 valence electrons. The molecule has 0 saturated carbocycles. The molecule has 0 aliphatic carbocycles.